The molecule has 0 aliphatic carbocycles. The zero-order valence-electron chi connectivity index (χ0n) is 88.6. The van der Waals surface area contributed by atoms with E-state index >= 15 is 0 Å². The van der Waals surface area contributed by atoms with E-state index in [9.17, 15) is 93.7 Å². The van der Waals surface area contributed by atoms with Crippen molar-refractivity contribution in [1.29, 1.82) is 0 Å². The van der Waals surface area contributed by atoms with E-state index in [1.807, 2.05) is 47.5 Å². The number of Topliss-reactive ketones (excluding diaryl/α,β-unsaturated/α-hetero) is 2. The number of sulfone groups is 6. The van der Waals surface area contributed by atoms with Crippen molar-refractivity contribution < 1.29 is 818 Å². The zero-order chi connectivity index (χ0) is 88.3. The third-order valence-corrected chi connectivity index (χ3v) is 18.8. The minimum Gasteiger partial charge on any atom is -0.419 e. The molecule has 3 unspecified atom stereocenters. The van der Waals surface area contributed by atoms with Gasteiger partial charge in [-0.3, -0.25) is 37.1 Å². The van der Waals surface area contributed by atoms with Crippen molar-refractivity contribution in [2.45, 2.75) is 184 Å². The number of terminal acetylenes is 4. The Morgan fingerprint density at radius 3 is 0.915 bits per heavy atom. The minimum atomic E-state index is -3.90. The first-order valence-electron chi connectivity index (χ1n) is 33.1. The molecule has 0 saturated heterocycles. The largest absolute Gasteiger partial charge is 3.00 e. The molecule has 0 aromatic carbocycles. The van der Waals surface area contributed by atoms with E-state index in [4.69, 9.17) is 17.6 Å². The molecule has 141 heavy (non-hydrogen) atoms. The number of carbonyl (C=O) groups is 8. The maximum atomic E-state index is 11.4. The van der Waals surface area contributed by atoms with Crippen LogP contribution in [0.3, 0.4) is 0 Å². The van der Waals surface area contributed by atoms with Gasteiger partial charge in [-0.2, -0.15) is 106 Å². The van der Waals surface area contributed by atoms with Crippen molar-refractivity contribution in [2.75, 3.05) is 6.26 Å². The van der Waals surface area contributed by atoms with Crippen molar-refractivity contribution in [3.8, 4) is 48.0 Å². The second-order valence-corrected chi connectivity index (χ2v) is 31.2. The summed E-state index contributed by atoms with van der Waals surface area (Å²) in [7, 11) is -20.8. The number of hydrogen-bond acceptors (Lipinski definition) is 22. The van der Waals surface area contributed by atoms with Gasteiger partial charge in [-0.15, -0.1) is 26.2 Å². The Hall–Kier alpha value is 15.2. The number of carbonyl (C=O) groups excluding carboxylic acids is 10. The van der Waals surface area contributed by atoms with E-state index < -0.39 is 75.3 Å². The van der Waals surface area contributed by atoms with Crippen LogP contribution in [-0.4, -0.2) is 126 Å². The Morgan fingerprint density at radius 1 is 0.383 bits per heavy atom. The summed E-state index contributed by atoms with van der Waals surface area (Å²) in [6.45, 7) is 47.5. The van der Waals surface area contributed by atoms with Crippen LogP contribution in [0.25, 0.3) is 0 Å². The maximum Gasteiger partial charge on any atom is 3.00 e. The summed E-state index contributed by atoms with van der Waals surface area (Å²) >= 11 is 0. The van der Waals surface area contributed by atoms with E-state index in [1.54, 1.807) is 102 Å². The van der Waals surface area contributed by atoms with E-state index in [0.29, 0.717) is 36.8 Å². The van der Waals surface area contributed by atoms with Gasteiger partial charge in [0.1, 0.15) is 21.4 Å². The molecular formula is C91H146O22S6Y22-14. The zero-order valence-corrected chi connectivity index (χ0v) is 156. The molecule has 0 saturated carbocycles. The van der Waals surface area contributed by atoms with Crippen LogP contribution < -0.4 is 0 Å². The number of rotatable bonds is 39. The molecule has 0 aromatic heterocycles. The summed E-state index contributed by atoms with van der Waals surface area (Å²) < 4.78 is 131. The molecule has 0 aromatic rings. The fourth-order valence-electron chi connectivity index (χ4n) is 5.47. The van der Waals surface area contributed by atoms with Crippen LogP contribution in [-0.2, 0) is 827 Å². The number of allylic oxidation sites excluding steroid dienone is 14. The van der Waals surface area contributed by atoms with E-state index in [-0.39, 0.29) is 859 Å². The van der Waals surface area contributed by atoms with Gasteiger partial charge in [-0.05, 0) is 96.2 Å². The molecule has 0 fully saturated rings. The van der Waals surface area contributed by atoms with Crippen LogP contribution >= 0.6 is 0 Å². The van der Waals surface area contributed by atoms with Crippen molar-refractivity contribution in [1.82, 2.24) is 0 Å². The summed E-state index contributed by atoms with van der Waals surface area (Å²) in [5.74, 6) is 5.04. The molecule has 0 bridgehead atoms. The van der Waals surface area contributed by atoms with Gasteiger partial charge in [0.05, 0.1) is 9.84 Å². The van der Waals surface area contributed by atoms with Gasteiger partial charge >= 0.3 is 65.4 Å². The van der Waals surface area contributed by atoms with Gasteiger partial charge in [0.15, 0.2) is 19.7 Å². The van der Waals surface area contributed by atoms with Crippen molar-refractivity contribution in [3.05, 3.63) is 270 Å². The Labute approximate surface area is 1420 Å². The predicted octanol–water partition coefficient (Wildman–Crippen LogP) is 18.0. The normalized spacial score (nSPS) is 8.79. The molecule has 4 atom stereocenters. The van der Waals surface area contributed by atoms with Gasteiger partial charge < -0.3 is 108 Å². The Balaban J connectivity index is -0.0000000172. The summed E-state index contributed by atoms with van der Waals surface area (Å²) in [6.07, 6.45) is 57.8. The molecule has 0 aliphatic heterocycles. The predicted molar refractivity (Wildman–Crippen MR) is 511 cm³/mol. The summed E-state index contributed by atoms with van der Waals surface area (Å²) in [6, 6.07) is 0. The van der Waals surface area contributed by atoms with Crippen molar-refractivity contribution in [2.24, 2.45) is 11.8 Å². The fourth-order valence-corrected chi connectivity index (χ4v) is 11.8. The summed E-state index contributed by atoms with van der Waals surface area (Å²) in [4.78, 5) is 103. The average Bonchev–Trinajstić information content (AvgIpc) is 0.855. The minimum absolute atomic E-state index is 0. The van der Waals surface area contributed by atoms with Gasteiger partial charge in [0.2, 0.25) is 5.78 Å². The molecule has 22 nitrogen and oxygen atoms in total. The molecular weight excluding hydrogens is 3590 g/mol. The smallest absolute Gasteiger partial charge is 0.419 e. The fraction of sp³-hybridized carbons (Fsp3) is 0.341. The SMILES string of the molecule is C#CC(=O)CCC.C#CC([CH2-])=O.C#CS(=O)(=O)[CH-]C(CC)S(=O)(=O)C#C.C/C=C/C(=O)[CH-]C(CC)C(=O)/C=C/C.C/C=C/C(=O)[CH-]CCC.C/C=C/S(=O)(=O)[CH-]CCC.C/C=C/S(C)(=O)=O.C/C=C/[C-]=O.C=CC(=O)[CH-]CCC.C=CC(=O)[CH-][C@H](CC)C(=O)C=C.C=CS(=O)(=O)[CH-]C(CC)S(=O)(=O)C=C.C=C[C-]=O.[CH3-].[CH3-].[CH3-].[CH3-].[CH3-].[CH3-].[CH3-].[CH3-].[CH3-].[CH3-].[Y+3].[Y+3].[Y].[Y].[Y].[Y].[Y].[Y].[Y].[Y].[Y].[Y].[Y].[Y].[Y].[Y].[Y].[Y].[Y].[Y].[Y].[Y]. The molecule has 0 spiro atoms. The van der Waals surface area contributed by atoms with Crippen molar-refractivity contribution in [3.63, 3.8) is 0 Å². The Bertz CT molecular complexity index is 3860. The molecule has 0 amide bonds. The van der Waals surface area contributed by atoms with Crippen LogP contribution in [0.4, 0.5) is 0 Å². The number of hydrogen-bond donors (Lipinski definition) is 0. The third kappa shape index (κ3) is 256. The van der Waals surface area contributed by atoms with Crippen LogP contribution in [0, 0.1) is 184 Å². The second kappa shape index (κ2) is 218. The molecule has 0 rings (SSSR count). The molecule has 50 heteroatoms. The van der Waals surface area contributed by atoms with Crippen LogP contribution in [0.5, 0.6) is 0 Å². The second-order valence-electron chi connectivity index (χ2n) is 20.0. The number of ketones is 8. The summed E-state index contributed by atoms with van der Waals surface area (Å²) in [5, 5.41) is 4.59. The molecule has 0 N–H and O–H groups in total. The van der Waals surface area contributed by atoms with E-state index in [0.717, 1.165) is 67.4 Å². The van der Waals surface area contributed by atoms with Gasteiger partial charge in [-0.25, -0.2) is 64.6 Å². The first-order chi connectivity index (χ1) is 50.6. The van der Waals surface area contributed by atoms with Crippen molar-refractivity contribution >= 4 is 118 Å². The first-order valence-corrected chi connectivity index (χ1v) is 43.0. The molecule has 0 heterocycles. The third-order valence-electron chi connectivity index (χ3n) is 10.8. The van der Waals surface area contributed by atoms with E-state index in [2.05, 4.69) is 66.2 Å². The van der Waals surface area contributed by atoms with Gasteiger partial charge in [0, 0.05) is 732 Å². The Morgan fingerprint density at radius 2 is 0.709 bits per heavy atom. The van der Waals surface area contributed by atoms with Gasteiger partial charge in [-0.1, -0.05) is 165 Å². The maximum absolute atomic E-state index is 11.4. The standard InChI is InChI=1S/C12H17O2.C10H13O2.C8H13O4S2.C8H9O4S2.C8H13O.C7H13O2S.C7H11O.C6H8O.C4H8O2S.C4H3O.C4H5O.C3H3O.10CH3.22Y/c1-4-7-11(13)9-10(6-3)12(14)8-5-2;1-4-8(10(12)6-3)7-9(11)5-2;2*1-4-8(14(11,12)6-3)7-13(9,10)5-2;1-3-5-7-8(9)6-4-2;1-3-5-7-10(8,9)6-4-2;1-3-5-6-7(8)4-2;1-3-5-6(7)4-2;1-3-4-7(2,5)6;1-3-4(2)5;1-2-3-4-5;1-2-3-4;;;;;;;;;;;;;;;;;;;;;;;;;;;;;;;;/h4-5,7-10H,6H2,1-3H3;5-8H,2-4H2,1H3;5-8H,2-4H2,1H3;2-3,7-8H,4H2,1H3;4,6-7H,3,5H2,1-2H3;4,6-7H,3,5H2,1-2H3;4,6H,2-3,5H2,1H3;2H,3,5H2,1H3;3-4H,1-2H3;1H,2H2;2-3H,1H3;2H,1H2;10*1H3;;;;;;;;;;;;;;;;;;;;;;/q7*-1;;;13*-1;;;;;;;;;;;;;;;;;;;;;2*+3/b7-4+,8-5+;;;;2*6-4+;;;4-3+;;3-2+;;;;;;;;;;;;;;;;;;;;;;;;;;;;;;;;;/t;8-;;;;;;;;;;;;;;;;;;;;;;;;;;;;;;;;;;;;;;;;;;/m.0........................................../s1. The monoisotopic (exact) mass is 3740 g/mol. The molecule has 0 aliphatic rings. The quantitative estimate of drug-likeness (QED) is 0.0181. The summed E-state index contributed by atoms with van der Waals surface area (Å²) in [5.41, 5.74) is 0. The molecule has 20 radical (unpaired) electrons. The van der Waals surface area contributed by atoms with Crippen LogP contribution in [0.1, 0.15) is 174 Å². The van der Waals surface area contributed by atoms with Gasteiger partial charge in [0.25, 0.3) is 0 Å². The number of unbranched alkanes of at least 4 members (excludes halogenated alkanes) is 3. The topological polar surface area (TPSA) is 376 Å². The molecule has 758 valence electrons. The van der Waals surface area contributed by atoms with Crippen LogP contribution in [0.15, 0.2) is 146 Å². The van der Waals surface area contributed by atoms with Crippen LogP contribution in [0.2, 0.25) is 0 Å². The first kappa shape index (κ1) is 299. The Kier molecular flexibility index (Phi) is 461. The average molecular weight is 3740 g/mol. The van der Waals surface area contributed by atoms with E-state index in [1.165, 1.54) is 91.1 Å².